The highest BCUT2D eigenvalue weighted by atomic mass is 32.2. The third kappa shape index (κ3) is 3.70. The first-order valence-electron chi connectivity index (χ1n) is 9.57. The molecule has 1 fully saturated rings. The Morgan fingerprint density at radius 1 is 1.17 bits per heavy atom. The normalized spacial score (nSPS) is 18.9. The molecule has 2 aliphatic rings. The summed E-state index contributed by atoms with van der Waals surface area (Å²) in [5.41, 5.74) is 2.44. The molecule has 8 heteroatoms. The molecule has 0 aromatic heterocycles. The van der Waals surface area contributed by atoms with Crippen LogP contribution in [0.25, 0.3) is 0 Å². The van der Waals surface area contributed by atoms with Crippen LogP contribution >= 0.6 is 0 Å². The first-order valence-corrected chi connectivity index (χ1v) is 11.2. The van der Waals surface area contributed by atoms with E-state index in [9.17, 15) is 18.0 Å². The van der Waals surface area contributed by atoms with Gasteiger partial charge in [-0.25, -0.2) is 8.42 Å². The van der Waals surface area contributed by atoms with Gasteiger partial charge in [0, 0.05) is 17.8 Å². The van der Waals surface area contributed by atoms with E-state index in [4.69, 9.17) is 4.74 Å². The number of rotatable bonds is 5. The van der Waals surface area contributed by atoms with Crippen molar-refractivity contribution in [3.8, 4) is 5.75 Å². The number of nitrogens with zero attached hydrogens (tertiary/aromatic N) is 1. The fourth-order valence-electron chi connectivity index (χ4n) is 3.86. The number of nitrogens with one attached hydrogen (secondary N) is 1. The second-order valence-corrected chi connectivity index (χ2v) is 9.50. The zero-order chi connectivity index (χ0) is 21.5. The molecular formula is C22H22N2O5S. The number of sulfone groups is 1. The Morgan fingerprint density at radius 2 is 1.90 bits per heavy atom. The summed E-state index contributed by atoms with van der Waals surface area (Å²) >= 11 is 0. The van der Waals surface area contributed by atoms with E-state index in [-0.39, 0.29) is 22.5 Å². The molecule has 0 saturated carbocycles. The molecule has 0 radical (unpaired) electrons. The minimum atomic E-state index is -3.58. The van der Waals surface area contributed by atoms with E-state index in [1.807, 2.05) is 0 Å². The summed E-state index contributed by atoms with van der Waals surface area (Å²) in [6.45, 7) is 4.10. The molecule has 156 valence electrons. The molecule has 2 heterocycles. The lowest BCUT2D eigenvalue weighted by Crippen LogP contribution is -2.49. The highest BCUT2D eigenvalue weighted by Gasteiger charge is 2.38. The van der Waals surface area contributed by atoms with Gasteiger partial charge in [0.25, 0.3) is 5.91 Å². The summed E-state index contributed by atoms with van der Waals surface area (Å²) in [4.78, 5) is 27.0. The van der Waals surface area contributed by atoms with Crippen LogP contribution in [0.4, 0.5) is 0 Å². The number of ether oxygens (including phenoxy) is 1. The second-order valence-electron chi connectivity index (χ2n) is 7.51. The Bertz CT molecular complexity index is 1140. The van der Waals surface area contributed by atoms with Crippen LogP contribution in [-0.2, 0) is 26.9 Å². The number of carbonyl (C=O) groups excluding carboxylic acids is 2. The molecule has 4 rings (SSSR count). The maximum atomic E-state index is 12.9. The van der Waals surface area contributed by atoms with Gasteiger partial charge in [-0.3, -0.25) is 9.59 Å². The summed E-state index contributed by atoms with van der Waals surface area (Å²) in [5, 5.41) is 2.71. The number of amides is 2. The molecule has 2 aromatic rings. The number of benzene rings is 2. The molecule has 1 saturated heterocycles. The number of fused-ring (bicyclic) bond motifs is 1. The van der Waals surface area contributed by atoms with Gasteiger partial charge in [0.05, 0.1) is 17.8 Å². The molecule has 0 bridgehead atoms. The minimum Gasteiger partial charge on any atom is -0.497 e. The lowest BCUT2D eigenvalue weighted by atomic mass is 10.0. The van der Waals surface area contributed by atoms with Crippen molar-refractivity contribution in [3.63, 3.8) is 0 Å². The van der Waals surface area contributed by atoms with Gasteiger partial charge >= 0.3 is 0 Å². The Kier molecular flexibility index (Phi) is 5.11. The molecule has 1 N–H and O–H groups in total. The Balaban J connectivity index is 1.54. The van der Waals surface area contributed by atoms with Crippen molar-refractivity contribution in [2.24, 2.45) is 0 Å². The zero-order valence-corrected chi connectivity index (χ0v) is 17.4. The molecule has 1 unspecified atom stereocenters. The van der Waals surface area contributed by atoms with Crippen molar-refractivity contribution >= 4 is 21.7 Å². The van der Waals surface area contributed by atoms with E-state index in [2.05, 4.69) is 11.9 Å². The zero-order valence-electron chi connectivity index (χ0n) is 16.6. The fraction of sp³-hybridized carbons (Fsp3) is 0.273. The van der Waals surface area contributed by atoms with Gasteiger partial charge in [-0.05, 0) is 54.3 Å². The quantitative estimate of drug-likeness (QED) is 0.793. The molecule has 1 atom stereocenters. The van der Waals surface area contributed by atoms with Gasteiger partial charge in [-0.1, -0.05) is 18.7 Å². The third-order valence-corrected chi connectivity index (χ3v) is 7.18. The summed E-state index contributed by atoms with van der Waals surface area (Å²) in [6.07, 6.45) is 1.16. The minimum absolute atomic E-state index is 0.191. The third-order valence-electron chi connectivity index (χ3n) is 5.48. The summed E-state index contributed by atoms with van der Waals surface area (Å²) < 4.78 is 30.6. The lowest BCUT2D eigenvalue weighted by molar-refractivity contribution is -0.126. The van der Waals surface area contributed by atoms with Crippen LogP contribution in [0.3, 0.4) is 0 Å². The van der Waals surface area contributed by atoms with E-state index in [1.165, 1.54) is 19.2 Å². The van der Waals surface area contributed by atoms with E-state index in [0.29, 0.717) is 42.0 Å². The van der Waals surface area contributed by atoms with E-state index in [0.717, 1.165) is 5.56 Å². The maximum absolute atomic E-state index is 12.9. The van der Waals surface area contributed by atoms with Crippen molar-refractivity contribution in [2.75, 3.05) is 7.11 Å². The van der Waals surface area contributed by atoms with Crippen molar-refractivity contribution in [3.05, 3.63) is 71.4 Å². The van der Waals surface area contributed by atoms with Crippen LogP contribution in [0.15, 0.2) is 59.6 Å². The second kappa shape index (κ2) is 7.60. The molecule has 2 aromatic carbocycles. The number of piperidine rings is 1. The summed E-state index contributed by atoms with van der Waals surface area (Å²) in [7, 11) is -2.06. The van der Waals surface area contributed by atoms with Crippen LogP contribution in [0.2, 0.25) is 0 Å². The van der Waals surface area contributed by atoms with Crippen molar-refractivity contribution in [2.45, 2.75) is 36.1 Å². The number of hydrogen-bond acceptors (Lipinski definition) is 5. The highest BCUT2D eigenvalue weighted by Crippen LogP contribution is 2.30. The predicted molar refractivity (Wildman–Crippen MR) is 111 cm³/mol. The van der Waals surface area contributed by atoms with Crippen molar-refractivity contribution in [1.29, 1.82) is 0 Å². The Labute approximate surface area is 175 Å². The van der Waals surface area contributed by atoms with Gasteiger partial charge < -0.3 is 15.0 Å². The van der Waals surface area contributed by atoms with Gasteiger partial charge in [0.2, 0.25) is 5.91 Å². The van der Waals surface area contributed by atoms with Crippen LogP contribution in [0, 0.1) is 0 Å². The van der Waals surface area contributed by atoms with E-state index < -0.39 is 15.9 Å². The van der Waals surface area contributed by atoms with E-state index >= 15 is 0 Å². The molecule has 0 spiro atoms. The first-order chi connectivity index (χ1) is 14.3. The largest absolute Gasteiger partial charge is 0.497 e. The molecular weight excluding hydrogens is 404 g/mol. The molecule has 7 nitrogen and oxygen atoms in total. The van der Waals surface area contributed by atoms with Crippen LogP contribution in [0.5, 0.6) is 5.75 Å². The number of methoxy groups -OCH3 is 1. The van der Waals surface area contributed by atoms with Gasteiger partial charge in [0.15, 0.2) is 9.84 Å². The molecule has 2 aliphatic heterocycles. The molecule has 30 heavy (non-hydrogen) atoms. The van der Waals surface area contributed by atoms with Gasteiger partial charge in [-0.2, -0.15) is 0 Å². The monoisotopic (exact) mass is 426 g/mol. The average Bonchev–Trinajstić information content (AvgIpc) is 3.04. The van der Waals surface area contributed by atoms with Crippen LogP contribution in [-0.4, -0.2) is 38.3 Å². The topological polar surface area (TPSA) is 92.8 Å². The van der Waals surface area contributed by atoms with Gasteiger partial charge in [-0.15, -0.1) is 0 Å². The summed E-state index contributed by atoms with van der Waals surface area (Å²) in [5.74, 6) is -0.118. The number of hydrogen-bond donors (Lipinski definition) is 1. The smallest absolute Gasteiger partial charge is 0.255 e. The highest BCUT2D eigenvalue weighted by molar-refractivity contribution is 7.90. The lowest BCUT2D eigenvalue weighted by Gasteiger charge is -2.30. The number of carbonyl (C=O) groups is 2. The Hall–Kier alpha value is -3.13. The maximum Gasteiger partial charge on any atom is 0.255 e. The molecule has 2 amide bonds. The number of allylic oxidation sites excluding steroid dienone is 1. The van der Waals surface area contributed by atoms with Crippen molar-refractivity contribution < 1.29 is 22.7 Å². The fourth-order valence-corrected chi connectivity index (χ4v) is 5.19. The predicted octanol–water partition coefficient (Wildman–Crippen LogP) is 2.42. The summed E-state index contributed by atoms with van der Waals surface area (Å²) in [6, 6.07) is 10.8. The Morgan fingerprint density at radius 3 is 2.57 bits per heavy atom. The standard InChI is InChI=1S/C22H22N2O5S/c1-14-3-10-20(21(25)23-14)24-12-16-5-4-15(11-19(16)22(24)26)13-30(27,28)18-8-6-17(29-2)7-9-18/h4-9,11,20H,1,3,10,12-13H2,2H3,(H,23,25). The van der Waals surface area contributed by atoms with E-state index in [1.54, 1.807) is 35.2 Å². The van der Waals surface area contributed by atoms with Crippen LogP contribution < -0.4 is 10.1 Å². The average molecular weight is 426 g/mol. The first kappa shape index (κ1) is 20.2. The van der Waals surface area contributed by atoms with Crippen molar-refractivity contribution in [1.82, 2.24) is 10.2 Å². The molecule has 0 aliphatic carbocycles. The SMILES string of the molecule is C=C1CCC(N2Cc3ccc(CS(=O)(=O)c4ccc(OC)cc4)cc3C2=O)C(=O)N1. The van der Waals surface area contributed by atoms with Crippen LogP contribution in [0.1, 0.15) is 34.3 Å². The van der Waals surface area contributed by atoms with Gasteiger partial charge in [0.1, 0.15) is 11.8 Å².